The Hall–Kier alpha value is -2.00. The molecular formula is C17H18ClNO2. The molecule has 0 bridgehead atoms. The first-order chi connectivity index (χ1) is 10.1. The lowest BCUT2D eigenvalue weighted by molar-refractivity contribution is -0.118. The summed E-state index contributed by atoms with van der Waals surface area (Å²) < 4.78 is 5.51. The summed E-state index contributed by atoms with van der Waals surface area (Å²) in [6.45, 7) is 3.94. The number of carbonyl (C=O) groups excluding carboxylic acids is 1. The zero-order chi connectivity index (χ0) is 15.2. The Morgan fingerprint density at radius 2 is 2.00 bits per heavy atom. The second-order valence-electron chi connectivity index (χ2n) is 4.76. The number of halogens is 1. The van der Waals surface area contributed by atoms with Crippen LogP contribution in [0.2, 0.25) is 5.02 Å². The number of hydrogen-bond acceptors (Lipinski definition) is 2. The Labute approximate surface area is 129 Å². The summed E-state index contributed by atoms with van der Waals surface area (Å²) in [5.74, 6) is 0.466. The lowest BCUT2D eigenvalue weighted by Crippen LogP contribution is -2.20. The first-order valence-corrected chi connectivity index (χ1v) is 7.24. The summed E-state index contributed by atoms with van der Waals surface area (Å²) in [6, 6.07) is 13.0. The molecule has 0 aromatic heterocycles. The van der Waals surface area contributed by atoms with Gasteiger partial charge in [0.1, 0.15) is 5.75 Å². The maximum Gasteiger partial charge on any atom is 0.262 e. The van der Waals surface area contributed by atoms with E-state index in [2.05, 4.69) is 5.32 Å². The largest absolute Gasteiger partial charge is 0.484 e. The van der Waals surface area contributed by atoms with Gasteiger partial charge in [-0.15, -0.1) is 0 Å². The zero-order valence-corrected chi connectivity index (χ0v) is 12.9. The fourth-order valence-corrected chi connectivity index (χ4v) is 2.21. The van der Waals surface area contributed by atoms with Crippen LogP contribution in [-0.4, -0.2) is 12.5 Å². The highest BCUT2D eigenvalue weighted by Gasteiger charge is 2.06. The average molecular weight is 304 g/mol. The van der Waals surface area contributed by atoms with E-state index in [1.165, 1.54) is 0 Å². The van der Waals surface area contributed by atoms with Gasteiger partial charge in [0.05, 0.1) is 0 Å². The van der Waals surface area contributed by atoms with E-state index >= 15 is 0 Å². The van der Waals surface area contributed by atoms with Gasteiger partial charge in [-0.1, -0.05) is 36.7 Å². The summed E-state index contributed by atoms with van der Waals surface area (Å²) >= 11 is 6.05. The van der Waals surface area contributed by atoms with Gasteiger partial charge in [-0.25, -0.2) is 0 Å². The summed E-state index contributed by atoms with van der Waals surface area (Å²) in [5, 5.41) is 3.55. The third-order valence-corrected chi connectivity index (χ3v) is 3.56. The molecule has 21 heavy (non-hydrogen) atoms. The minimum absolute atomic E-state index is 0.0286. The van der Waals surface area contributed by atoms with Crippen LogP contribution in [0.25, 0.3) is 0 Å². The predicted molar refractivity (Wildman–Crippen MR) is 86.1 cm³/mol. The topological polar surface area (TPSA) is 38.3 Å². The number of para-hydroxylation sites is 1. The minimum atomic E-state index is -0.183. The molecule has 0 aliphatic carbocycles. The average Bonchev–Trinajstić information content (AvgIpc) is 2.49. The van der Waals surface area contributed by atoms with Gasteiger partial charge >= 0.3 is 0 Å². The Bertz CT molecular complexity index is 640. The highest BCUT2D eigenvalue weighted by atomic mass is 35.5. The van der Waals surface area contributed by atoms with E-state index in [-0.39, 0.29) is 12.5 Å². The number of anilines is 1. The van der Waals surface area contributed by atoms with Crippen molar-refractivity contribution < 1.29 is 9.53 Å². The molecule has 110 valence electrons. The van der Waals surface area contributed by atoms with E-state index in [0.29, 0.717) is 10.8 Å². The molecule has 0 aliphatic rings. The van der Waals surface area contributed by atoms with Crippen LogP contribution < -0.4 is 10.1 Å². The molecule has 0 saturated carbocycles. The van der Waals surface area contributed by atoms with Gasteiger partial charge < -0.3 is 10.1 Å². The lowest BCUT2D eigenvalue weighted by Gasteiger charge is -2.10. The predicted octanol–water partition coefficient (Wildman–Crippen LogP) is 4.23. The molecule has 0 atom stereocenters. The van der Waals surface area contributed by atoms with Crippen LogP contribution in [0.15, 0.2) is 42.5 Å². The monoisotopic (exact) mass is 303 g/mol. The van der Waals surface area contributed by atoms with Crippen molar-refractivity contribution in [1.82, 2.24) is 0 Å². The minimum Gasteiger partial charge on any atom is -0.484 e. The van der Waals surface area contributed by atoms with Crippen molar-refractivity contribution in [2.45, 2.75) is 20.3 Å². The third-order valence-electron chi connectivity index (χ3n) is 3.19. The van der Waals surface area contributed by atoms with Crippen molar-refractivity contribution >= 4 is 23.2 Å². The van der Waals surface area contributed by atoms with Crippen molar-refractivity contribution in [3.8, 4) is 5.75 Å². The molecule has 0 fully saturated rings. The molecule has 0 saturated heterocycles. The first-order valence-electron chi connectivity index (χ1n) is 6.87. The molecule has 2 rings (SSSR count). The molecular weight excluding hydrogens is 286 g/mol. The summed E-state index contributed by atoms with van der Waals surface area (Å²) in [7, 11) is 0. The van der Waals surface area contributed by atoms with Crippen molar-refractivity contribution in [1.29, 1.82) is 0 Å². The maximum absolute atomic E-state index is 11.9. The van der Waals surface area contributed by atoms with Crippen molar-refractivity contribution in [3.63, 3.8) is 0 Å². The second-order valence-corrected chi connectivity index (χ2v) is 5.17. The number of benzene rings is 2. The van der Waals surface area contributed by atoms with E-state index in [9.17, 15) is 4.79 Å². The molecule has 2 aromatic rings. The lowest BCUT2D eigenvalue weighted by atomic mass is 10.1. The van der Waals surface area contributed by atoms with Crippen LogP contribution in [0, 0.1) is 6.92 Å². The van der Waals surface area contributed by atoms with Crippen LogP contribution in [0.1, 0.15) is 18.1 Å². The number of carbonyl (C=O) groups is 1. The molecule has 0 radical (unpaired) electrons. The smallest absolute Gasteiger partial charge is 0.262 e. The Morgan fingerprint density at radius 3 is 2.71 bits per heavy atom. The van der Waals surface area contributed by atoms with Gasteiger partial charge in [-0.3, -0.25) is 4.79 Å². The Kier molecular flexibility index (Phi) is 5.23. The maximum atomic E-state index is 11.9. The SMILES string of the molecule is CCc1cc(OCC(=O)Nc2ccccc2C)ccc1Cl. The van der Waals surface area contributed by atoms with Crippen LogP contribution in [-0.2, 0) is 11.2 Å². The van der Waals surface area contributed by atoms with Gasteiger partial charge in [-0.05, 0) is 48.7 Å². The van der Waals surface area contributed by atoms with Crippen LogP contribution in [0.5, 0.6) is 5.75 Å². The highest BCUT2D eigenvalue weighted by molar-refractivity contribution is 6.31. The first kappa shape index (κ1) is 15.4. The van der Waals surface area contributed by atoms with Crippen LogP contribution >= 0.6 is 11.6 Å². The zero-order valence-electron chi connectivity index (χ0n) is 12.2. The fourth-order valence-electron chi connectivity index (χ4n) is 1.96. The second kappa shape index (κ2) is 7.14. The highest BCUT2D eigenvalue weighted by Crippen LogP contribution is 2.22. The number of rotatable bonds is 5. The van der Waals surface area contributed by atoms with E-state index in [0.717, 1.165) is 23.2 Å². The van der Waals surface area contributed by atoms with Gasteiger partial charge in [0.2, 0.25) is 0 Å². The van der Waals surface area contributed by atoms with Crippen LogP contribution in [0.4, 0.5) is 5.69 Å². The Morgan fingerprint density at radius 1 is 1.24 bits per heavy atom. The van der Waals surface area contributed by atoms with Gasteiger partial charge in [-0.2, -0.15) is 0 Å². The van der Waals surface area contributed by atoms with Gasteiger partial charge in [0.25, 0.3) is 5.91 Å². The fraction of sp³-hybridized carbons (Fsp3) is 0.235. The summed E-state index contributed by atoms with van der Waals surface area (Å²) in [4.78, 5) is 11.9. The summed E-state index contributed by atoms with van der Waals surface area (Å²) in [6.07, 6.45) is 0.825. The number of amides is 1. The van der Waals surface area contributed by atoms with E-state index in [4.69, 9.17) is 16.3 Å². The van der Waals surface area contributed by atoms with Crippen molar-refractivity contribution in [2.75, 3.05) is 11.9 Å². The molecule has 0 unspecified atom stereocenters. The normalized spacial score (nSPS) is 10.2. The number of aryl methyl sites for hydroxylation is 2. The number of hydrogen-bond donors (Lipinski definition) is 1. The van der Waals surface area contributed by atoms with E-state index < -0.39 is 0 Å². The molecule has 3 nitrogen and oxygen atoms in total. The summed E-state index contributed by atoms with van der Waals surface area (Å²) in [5.41, 5.74) is 2.83. The third kappa shape index (κ3) is 4.23. The van der Waals surface area contributed by atoms with Crippen LogP contribution in [0.3, 0.4) is 0 Å². The quantitative estimate of drug-likeness (QED) is 0.897. The molecule has 0 heterocycles. The van der Waals surface area contributed by atoms with Gasteiger partial charge in [0.15, 0.2) is 6.61 Å². The number of ether oxygens (including phenoxy) is 1. The molecule has 0 spiro atoms. The Balaban J connectivity index is 1.94. The van der Waals surface area contributed by atoms with Crippen molar-refractivity contribution in [3.05, 3.63) is 58.6 Å². The van der Waals surface area contributed by atoms with Gasteiger partial charge in [0, 0.05) is 10.7 Å². The number of nitrogens with one attached hydrogen (secondary N) is 1. The molecule has 2 aromatic carbocycles. The van der Waals surface area contributed by atoms with E-state index in [1.54, 1.807) is 12.1 Å². The molecule has 4 heteroatoms. The van der Waals surface area contributed by atoms with Crippen molar-refractivity contribution in [2.24, 2.45) is 0 Å². The standard InChI is InChI=1S/C17H18ClNO2/c1-3-13-10-14(8-9-15(13)18)21-11-17(20)19-16-7-5-4-6-12(16)2/h4-10H,3,11H2,1-2H3,(H,19,20). The van der Waals surface area contributed by atoms with E-state index in [1.807, 2.05) is 44.2 Å². The molecule has 1 N–H and O–H groups in total. The molecule has 1 amide bonds. The molecule has 0 aliphatic heterocycles.